The number of halogens is 1. The molecule has 1 heterocycles. The standard InChI is InChI=1S/C31H23ClN2O5/c32-27-18-23(11-16-28(27)39-20-22-9-5-2-6-10-22)17-26-29(35)33-31(37)34(30(26)36)24-12-14-25(15-13-24)38-19-21-7-3-1-4-8-21/h1-18H,19-20H2,(H,33,35,37)/b26-17+. The van der Waals surface area contributed by atoms with E-state index in [9.17, 15) is 14.4 Å². The maximum Gasteiger partial charge on any atom is 0.335 e. The van der Waals surface area contributed by atoms with E-state index < -0.39 is 17.8 Å². The first-order valence-corrected chi connectivity index (χ1v) is 12.5. The maximum atomic E-state index is 13.2. The molecule has 39 heavy (non-hydrogen) atoms. The number of ether oxygens (including phenoxy) is 2. The summed E-state index contributed by atoms with van der Waals surface area (Å²) in [5.74, 6) is -0.496. The van der Waals surface area contributed by atoms with Crippen molar-refractivity contribution in [1.29, 1.82) is 0 Å². The summed E-state index contributed by atoms with van der Waals surface area (Å²) >= 11 is 6.40. The smallest absolute Gasteiger partial charge is 0.335 e. The van der Waals surface area contributed by atoms with E-state index in [1.165, 1.54) is 6.08 Å². The lowest BCUT2D eigenvalue weighted by Gasteiger charge is -2.26. The molecule has 5 rings (SSSR count). The van der Waals surface area contributed by atoms with E-state index in [1.807, 2.05) is 60.7 Å². The molecule has 0 saturated carbocycles. The predicted octanol–water partition coefficient (Wildman–Crippen LogP) is 6.16. The third-order valence-electron chi connectivity index (χ3n) is 5.95. The van der Waals surface area contributed by atoms with Crippen molar-refractivity contribution in [2.45, 2.75) is 13.2 Å². The second-order valence-electron chi connectivity index (χ2n) is 8.69. The van der Waals surface area contributed by atoms with Gasteiger partial charge in [0.25, 0.3) is 11.8 Å². The zero-order valence-electron chi connectivity index (χ0n) is 20.7. The Morgan fingerprint density at radius 3 is 1.97 bits per heavy atom. The van der Waals surface area contributed by atoms with Crippen molar-refractivity contribution in [3.8, 4) is 11.5 Å². The molecule has 0 unspecified atom stereocenters. The zero-order valence-corrected chi connectivity index (χ0v) is 21.4. The molecular formula is C31H23ClN2O5. The molecule has 1 N–H and O–H groups in total. The van der Waals surface area contributed by atoms with E-state index >= 15 is 0 Å². The number of benzene rings is 4. The Hall–Kier alpha value is -4.88. The molecule has 4 amide bonds. The molecule has 4 aromatic carbocycles. The van der Waals surface area contributed by atoms with Gasteiger partial charge in [0, 0.05) is 0 Å². The van der Waals surface area contributed by atoms with E-state index in [0.29, 0.717) is 41.0 Å². The highest BCUT2D eigenvalue weighted by Gasteiger charge is 2.36. The van der Waals surface area contributed by atoms with Gasteiger partial charge >= 0.3 is 6.03 Å². The fourth-order valence-electron chi connectivity index (χ4n) is 3.95. The van der Waals surface area contributed by atoms with Crippen molar-refractivity contribution < 1.29 is 23.9 Å². The molecule has 194 valence electrons. The minimum atomic E-state index is -0.831. The number of carbonyl (C=O) groups is 3. The van der Waals surface area contributed by atoms with Crippen LogP contribution < -0.4 is 19.7 Å². The lowest BCUT2D eigenvalue weighted by Crippen LogP contribution is -2.54. The zero-order chi connectivity index (χ0) is 27.2. The lowest BCUT2D eigenvalue weighted by atomic mass is 10.1. The Balaban J connectivity index is 1.30. The summed E-state index contributed by atoms with van der Waals surface area (Å²) in [4.78, 5) is 39.3. The van der Waals surface area contributed by atoms with Crippen LogP contribution in [0.25, 0.3) is 6.08 Å². The number of carbonyl (C=O) groups excluding carboxylic acids is 3. The third kappa shape index (κ3) is 6.17. The lowest BCUT2D eigenvalue weighted by molar-refractivity contribution is -0.122. The first kappa shape index (κ1) is 25.8. The van der Waals surface area contributed by atoms with Gasteiger partial charge in [-0.05, 0) is 59.2 Å². The number of amides is 4. The second-order valence-corrected chi connectivity index (χ2v) is 9.10. The number of nitrogens with zero attached hydrogens (tertiary/aromatic N) is 1. The van der Waals surface area contributed by atoms with Gasteiger partial charge in [0.1, 0.15) is 30.3 Å². The summed E-state index contributed by atoms with van der Waals surface area (Å²) < 4.78 is 11.6. The first-order chi connectivity index (χ1) is 19.0. The van der Waals surface area contributed by atoms with Crippen LogP contribution >= 0.6 is 11.6 Å². The summed E-state index contributed by atoms with van der Waals surface area (Å²) in [7, 11) is 0. The number of hydrogen-bond acceptors (Lipinski definition) is 5. The molecular weight excluding hydrogens is 516 g/mol. The number of imide groups is 2. The van der Waals surface area contributed by atoms with Crippen LogP contribution in [-0.2, 0) is 22.8 Å². The molecule has 0 bridgehead atoms. The molecule has 1 saturated heterocycles. The molecule has 1 aliphatic rings. The summed E-state index contributed by atoms with van der Waals surface area (Å²) in [6.07, 6.45) is 1.39. The molecule has 4 aromatic rings. The van der Waals surface area contributed by atoms with Gasteiger partial charge in [-0.1, -0.05) is 78.3 Å². The fourth-order valence-corrected chi connectivity index (χ4v) is 4.19. The van der Waals surface area contributed by atoms with Crippen molar-refractivity contribution in [3.63, 3.8) is 0 Å². The molecule has 0 aliphatic carbocycles. The molecule has 1 fully saturated rings. The Morgan fingerprint density at radius 2 is 1.36 bits per heavy atom. The van der Waals surface area contributed by atoms with Crippen LogP contribution in [0.2, 0.25) is 5.02 Å². The van der Waals surface area contributed by atoms with E-state index in [-0.39, 0.29) is 5.57 Å². The van der Waals surface area contributed by atoms with Gasteiger partial charge in [-0.25, -0.2) is 9.69 Å². The number of urea groups is 1. The molecule has 0 spiro atoms. The van der Waals surface area contributed by atoms with Crippen molar-refractivity contribution in [2.75, 3.05) is 4.90 Å². The van der Waals surface area contributed by atoms with Crippen LogP contribution in [0.4, 0.5) is 10.5 Å². The van der Waals surface area contributed by atoms with Crippen LogP contribution in [0.3, 0.4) is 0 Å². The first-order valence-electron chi connectivity index (χ1n) is 12.1. The minimum absolute atomic E-state index is 0.201. The predicted molar refractivity (Wildman–Crippen MR) is 148 cm³/mol. The van der Waals surface area contributed by atoms with Gasteiger partial charge in [0.15, 0.2) is 0 Å². The highest BCUT2D eigenvalue weighted by molar-refractivity contribution is 6.39. The van der Waals surface area contributed by atoms with Gasteiger partial charge < -0.3 is 9.47 Å². The number of nitrogens with one attached hydrogen (secondary N) is 1. The Labute approximate surface area is 230 Å². The number of anilines is 1. The summed E-state index contributed by atoms with van der Waals surface area (Å²) in [6, 6.07) is 29.9. The molecule has 0 radical (unpaired) electrons. The normalized spacial score (nSPS) is 14.3. The van der Waals surface area contributed by atoms with Crippen LogP contribution in [-0.4, -0.2) is 17.8 Å². The summed E-state index contributed by atoms with van der Waals surface area (Å²) in [6.45, 7) is 0.721. The monoisotopic (exact) mass is 538 g/mol. The van der Waals surface area contributed by atoms with Gasteiger partial charge in [-0.15, -0.1) is 0 Å². The fraction of sp³-hybridized carbons (Fsp3) is 0.0645. The summed E-state index contributed by atoms with van der Waals surface area (Å²) in [5, 5.41) is 2.55. The van der Waals surface area contributed by atoms with E-state index in [1.54, 1.807) is 42.5 Å². The highest BCUT2D eigenvalue weighted by Crippen LogP contribution is 2.29. The Bertz CT molecular complexity index is 1540. The van der Waals surface area contributed by atoms with Crippen LogP contribution in [0.5, 0.6) is 11.5 Å². The quantitative estimate of drug-likeness (QED) is 0.214. The Kier molecular flexibility index (Phi) is 7.70. The van der Waals surface area contributed by atoms with Gasteiger partial charge in [-0.2, -0.15) is 0 Å². The van der Waals surface area contributed by atoms with E-state index in [2.05, 4.69) is 5.32 Å². The average molecular weight is 539 g/mol. The minimum Gasteiger partial charge on any atom is -0.489 e. The van der Waals surface area contributed by atoms with Crippen molar-refractivity contribution in [3.05, 3.63) is 130 Å². The Morgan fingerprint density at radius 1 is 0.744 bits per heavy atom. The van der Waals surface area contributed by atoms with Crippen molar-refractivity contribution in [2.24, 2.45) is 0 Å². The van der Waals surface area contributed by atoms with E-state index in [0.717, 1.165) is 16.0 Å². The van der Waals surface area contributed by atoms with Gasteiger partial charge in [0.2, 0.25) is 0 Å². The van der Waals surface area contributed by atoms with Crippen LogP contribution in [0.1, 0.15) is 16.7 Å². The second kappa shape index (κ2) is 11.7. The van der Waals surface area contributed by atoms with E-state index in [4.69, 9.17) is 21.1 Å². The van der Waals surface area contributed by atoms with Gasteiger partial charge in [0.05, 0.1) is 10.7 Å². The molecule has 7 nitrogen and oxygen atoms in total. The average Bonchev–Trinajstić information content (AvgIpc) is 2.95. The van der Waals surface area contributed by atoms with Gasteiger partial charge in [-0.3, -0.25) is 14.9 Å². The maximum absolute atomic E-state index is 13.2. The largest absolute Gasteiger partial charge is 0.489 e. The number of hydrogen-bond donors (Lipinski definition) is 1. The van der Waals surface area contributed by atoms with Crippen molar-refractivity contribution in [1.82, 2.24) is 5.32 Å². The van der Waals surface area contributed by atoms with Crippen LogP contribution in [0.15, 0.2) is 109 Å². The van der Waals surface area contributed by atoms with Crippen LogP contribution in [0, 0.1) is 0 Å². The molecule has 8 heteroatoms. The molecule has 0 atom stereocenters. The molecule has 1 aliphatic heterocycles. The number of rotatable bonds is 8. The topological polar surface area (TPSA) is 84.9 Å². The summed E-state index contributed by atoms with van der Waals surface area (Å²) in [5.41, 5.74) is 2.60. The van der Waals surface area contributed by atoms with Crippen molar-refractivity contribution >= 4 is 41.2 Å². The highest BCUT2D eigenvalue weighted by atomic mass is 35.5. The number of barbiturate groups is 1. The molecule has 0 aromatic heterocycles. The SMILES string of the molecule is O=C1NC(=O)N(c2ccc(OCc3ccccc3)cc2)C(=O)/C1=C/c1ccc(OCc2ccccc2)c(Cl)c1. The third-order valence-corrected chi connectivity index (χ3v) is 6.24.